The van der Waals surface area contributed by atoms with Gasteiger partial charge >= 0.3 is 5.63 Å². The molecule has 0 fully saturated rings. The Morgan fingerprint density at radius 2 is 2.16 bits per heavy atom. The van der Waals surface area contributed by atoms with E-state index in [0.717, 1.165) is 17.2 Å². The molecule has 1 aliphatic rings. The zero-order valence-corrected chi connectivity index (χ0v) is 10.0. The van der Waals surface area contributed by atoms with Crippen LogP contribution in [0.4, 0.5) is 0 Å². The standard InChI is InChI=1S/C13H9NO5/c1-7-4-12(15)19-13-9(7)2-3-11-10(13)5-8(6-18-11)14(16)17/h2-4,6H,5H2,1H3. The molecule has 0 radical (unpaired) electrons. The predicted molar refractivity (Wildman–Crippen MR) is 66.6 cm³/mol. The van der Waals surface area contributed by atoms with Crippen LogP contribution in [-0.2, 0) is 6.42 Å². The molecule has 96 valence electrons. The molecule has 2 aromatic rings. The Bertz CT molecular complexity index is 787. The second-order valence-electron chi connectivity index (χ2n) is 4.33. The second kappa shape index (κ2) is 3.94. The minimum atomic E-state index is -0.504. The van der Waals surface area contributed by atoms with Gasteiger partial charge in [0.15, 0.2) is 6.26 Å². The van der Waals surface area contributed by atoms with E-state index in [1.807, 2.05) is 0 Å². The first-order chi connectivity index (χ1) is 9.06. The summed E-state index contributed by atoms with van der Waals surface area (Å²) in [5.74, 6) is 0.479. The number of ether oxygens (including phenoxy) is 1. The Labute approximate surface area is 107 Å². The molecule has 1 aromatic heterocycles. The molecule has 0 bridgehead atoms. The van der Waals surface area contributed by atoms with Crippen LogP contribution in [0.3, 0.4) is 0 Å². The quantitative estimate of drug-likeness (QED) is 0.445. The molecule has 0 amide bonds. The van der Waals surface area contributed by atoms with Crippen LogP contribution in [0.2, 0.25) is 0 Å². The molecule has 3 rings (SSSR count). The summed E-state index contributed by atoms with van der Waals surface area (Å²) < 4.78 is 10.4. The maximum atomic E-state index is 11.4. The van der Waals surface area contributed by atoms with Gasteiger partial charge in [0.2, 0.25) is 0 Å². The van der Waals surface area contributed by atoms with Crippen molar-refractivity contribution < 1.29 is 14.1 Å². The highest BCUT2D eigenvalue weighted by Gasteiger charge is 2.24. The minimum Gasteiger partial charge on any atom is -0.458 e. The summed E-state index contributed by atoms with van der Waals surface area (Å²) in [4.78, 5) is 21.7. The highest BCUT2D eigenvalue weighted by Crippen LogP contribution is 2.33. The molecule has 1 aromatic carbocycles. The molecule has 0 saturated heterocycles. The lowest BCUT2D eigenvalue weighted by Crippen LogP contribution is -2.11. The van der Waals surface area contributed by atoms with E-state index in [-0.39, 0.29) is 12.1 Å². The van der Waals surface area contributed by atoms with E-state index in [1.165, 1.54) is 6.07 Å². The van der Waals surface area contributed by atoms with Crippen molar-refractivity contribution >= 4 is 11.0 Å². The fraction of sp³-hybridized carbons (Fsp3) is 0.154. The highest BCUT2D eigenvalue weighted by molar-refractivity contribution is 5.85. The molecule has 0 aliphatic carbocycles. The molecule has 1 aliphatic heterocycles. The van der Waals surface area contributed by atoms with E-state index in [0.29, 0.717) is 16.9 Å². The van der Waals surface area contributed by atoms with Gasteiger partial charge in [-0.25, -0.2) is 4.79 Å². The first-order valence-corrected chi connectivity index (χ1v) is 5.62. The molecule has 0 saturated carbocycles. The number of fused-ring (bicyclic) bond motifs is 3. The summed E-state index contributed by atoms with van der Waals surface area (Å²) in [6.07, 6.45) is 1.19. The van der Waals surface area contributed by atoms with Crippen molar-refractivity contribution in [3.8, 4) is 5.75 Å². The Morgan fingerprint density at radius 3 is 2.89 bits per heavy atom. The summed E-state index contributed by atoms with van der Waals surface area (Å²) in [5, 5.41) is 11.6. The average molecular weight is 259 g/mol. The van der Waals surface area contributed by atoms with Crippen LogP contribution in [0, 0.1) is 17.0 Å². The van der Waals surface area contributed by atoms with E-state index in [2.05, 4.69) is 0 Å². The van der Waals surface area contributed by atoms with Crippen molar-refractivity contribution in [1.29, 1.82) is 0 Å². The third kappa shape index (κ3) is 1.77. The molecular weight excluding hydrogens is 250 g/mol. The van der Waals surface area contributed by atoms with Gasteiger partial charge in [-0.15, -0.1) is 0 Å². The average Bonchev–Trinajstić information content (AvgIpc) is 2.37. The van der Waals surface area contributed by atoms with Gasteiger partial charge in [-0.05, 0) is 24.6 Å². The molecule has 2 heterocycles. The van der Waals surface area contributed by atoms with Crippen LogP contribution in [0.1, 0.15) is 11.1 Å². The Balaban J connectivity index is 2.28. The van der Waals surface area contributed by atoms with Gasteiger partial charge < -0.3 is 9.15 Å². The third-order valence-electron chi connectivity index (χ3n) is 3.09. The highest BCUT2D eigenvalue weighted by atomic mass is 16.6. The van der Waals surface area contributed by atoms with Crippen molar-refractivity contribution in [2.45, 2.75) is 13.3 Å². The number of allylic oxidation sites excluding steroid dienone is 1. The molecule has 0 atom stereocenters. The zero-order chi connectivity index (χ0) is 13.6. The topological polar surface area (TPSA) is 82.6 Å². The number of nitrogens with zero attached hydrogens (tertiary/aromatic N) is 1. The monoisotopic (exact) mass is 259 g/mol. The number of nitro groups is 1. The summed E-state index contributed by atoms with van der Waals surface area (Å²) in [6.45, 7) is 1.79. The van der Waals surface area contributed by atoms with E-state index < -0.39 is 10.5 Å². The predicted octanol–water partition coefficient (Wildman–Crippen LogP) is 2.15. The van der Waals surface area contributed by atoms with Gasteiger partial charge in [-0.1, -0.05) is 0 Å². The first kappa shape index (κ1) is 11.5. The molecule has 0 spiro atoms. The Kier molecular flexibility index (Phi) is 2.38. The van der Waals surface area contributed by atoms with Crippen LogP contribution < -0.4 is 10.4 Å². The Morgan fingerprint density at radius 1 is 1.37 bits per heavy atom. The van der Waals surface area contributed by atoms with E-state index >= 15 is 0 Å². The summed E-state index contributed by atoms with van der Waals surface area (Å²) in [7, 11) is 0. The van der Waals surface area contributed by atoms with Crippen LogP contribution in [0.25, 0.3) is 11.0 Å². The summed E-state index contributed by atoms with van der Waals surface area (Å²) >= 11 is 0. The zero-order valence-electron chi connectivity index (χ0n) is 10.0. The van der Waals surface area contributed by atoms with Gasteiger partial charge in [0.1, 0.15) is 11.3 Å². The van der Waals surface area contributed by atoms with Gasteiger partial charge in [-0.2, -0.15) is 0 Å². The first-order valence-electron chi connectivity index (χ1n) is 5.62. The molecule has 6 heteroatoms. The number of rotatable bonds is 1. The Hall–Kier alpha value is -2.63. The maximum Gasteiger partial charge on any atom is 0.336 e. The van der Waals surface area contributed by atoms with Crippen molar-refractivity contribution in [3.05, 3.63) is 61.8 Å². The van der Waals surface area contributed by atoms with Crippen LogP contribution in [0.5, 0.6) is 5.75 Å². The van der Waals surface area contributed by atoms with Gasteiger partial charge in [0.05, 0.1) is 11.3 Å². The maximum absolute atomic E-state index is 11.4. The van der Waals surface area contributed by atoms with Gasteiger partial charge in [0, 0.05) is 17.0 Å². The lowest BCUT2D eigenvalue weighted by molar-refractivity contribution is -0.428. The SMILES string of the molecule is Cc1cc(=O)oc2c3c(ccc12)OC=C([N+](=O)[O-])C3. The normalized spacial score (nSPS) is 13.6. The number of hydrogen-bond acceptors (Lipinski definition) is 5. The third-order valence-corrected chi connectivity index (χ3v) is 3.09. The van der Waals surface area contributed by atoms with Crippen molar-refractivity contribution in [1.82, 2.24) is 0 Å². The fourth-order valence-corrected chi connectivity index (χ4v) is 2.16. The number of hydrogen-bond donors (Lipinski definition) is 0. The van der Waals surface area contributed by atoms with Gasteiger partial charge in [0.25, 0.3) is 5.70 Å². The number of aryl methyl sites for hydroxylation is 1. The molecule has 19 heavy (non-hydrogen) atoms. The van der Waals surface area contributed by atoms with Gasteiger partial charge in [-0.3, -0.25) is 10.1 Å². The van der Waals surface area contributed by atoms with Crippen molar-refractivity contribution in [3.63, 3.8) is 0 Å². The number of benzene rings is 1. The molecule has 0 N–H and O–H groups in total. The summed E-state index contributed by atoms with van der Waals surface area (Å²) in [5.41, 5.74) is 1.12. The van der Waals surface area contributed by atoms with Crippen LogP contribution in [0.15, 0.2) is 39.4 Å². The van der Waals surface area contributed by atoms with Crippen molar-refractivity contribution in [2.75, 3.05) is 0 Å². The minimum absolute atomic E-state index is 0.0656. The van der Waals surface area contributed by atoms with Crippen LogP contribution >= 0.6 is 0 Å². The molecule has 6 nitrogen and oxygen atoms in total. The van der Waals surface area contributed by atoms with Crippen LogP contribution in [-0.4, -0.2) is 4.92 Å². The summed E-state index contributed by atoms with van der Waals surface area (Å²) in [6, 6.07) is 4.89. The van der Waals surface area contributed by atoms with E-state index in [1.54, 1.807) is 19.1 Å². The molecular formula is C13H9NO5. The van der Waals surface area contributed by atoms with Crippen molar-refractivity contribution in [2.24, 2.45) is 0 Å². The van der Waals surface area contributed by atoms with E-state index in [9.17, 15) is 14.9 Å². The lowest BCUT2D eigenvalue weighted by atomic mass is 10.0. The fourth-order valence-electron chi connectivity index (χ4n) is 2.16. The smallest absolute Gasteiger partial charge is 0.336 e. The largest absolute Gasteiger partial charge is 0.458 e. The lowest BCUT2D eigenvalue weighted by Gasteiger charge is -2.14. The second-order valence-corrected chi connectivity index (χ2v) is 4.33. The molecule has 0 unspecified atom stereocenters. The van der Waals surface area contributed by atoms with E-state index in [4.69, 9.17) is 9.15 Å².